The molecule has 3 aliphatic rings. The van der Waals surface area contributed by atoms with Crippen LogP contribution < -0.4 is 10.2 Å². The second-order valence-electron chi connectivity index (χ2n) is 7.94. The smallest absolute Gasteiger partial charge is 0.224 e. The Bertz CT molecular complexity index is 647. The van der Waals surface area contributed by atoms with Crippen LogP contribution in [-0.2, 0) is 4.79 Å². The van der Waals surface area contributed by atoms with Crippen molar-refractivity contribution in [1.82, 2.24) is 5.32 Å². The van der Waals surface area contributed by atoms with Crippen LogP contribution in [0, 0.1) is 23.6 Å². The number of carbonyl (C=O) groups excluding carboxylic acids is 1. The molecular formula is C20H27FN2O2. The van der Waals surface area contributed by atoms with Crippen molar-refractivity contribution in [3.63, 3.8) is 0 Å². The van der Waals surface area contributed by atoms with Crippen LogP contribution in [-0.4, -0.2) is 30.2 Å². The summed E-state index contributed by atoms with van der Waals surface area (Å²) in [5.74, 6) is 1.20. The van der Waals surface area contributed by atoms with E-state index in [0.717, 1.165) is 37.2 Å². The summed E-state index contributed by atoms with van der Waals surface area (Å²) in [4.78, 5) is 14.8. The fourth-order valence-electron chi connectivity index (χ4n) is 4.86. The Morgan fingerprint density at radius 2 is 1.92 bits per heavy atom. The second kappa shape index (κ2) is 6.60. The van der Waals surface area contributed by atoms with Crippen LogP contribution in [0.15, 0.2) is 18.2 Å². The summed E-state index contributed by atoms with van der Waals surface area (Å²) in [5.41, 5.74) is 1.80. The Balaban J connectivity index is 1.48. The van der Waals surface area contributed by atoms with Crippen molar-refractivity contribution in [2.45, 2.75) is 51.2 Å². The molecule has 4 nitrogen and oxygen atoms in total. The fourth-order valence-corrected chi connectivity index (χ4v) is 4.86. The lowest BCUT2D eigenvalue weighted by atomic mass is 10.0. The molecule has 1 aliphatic heterocycles. The average Bonchev–Trinajstić information content (AvgIpc) is 3.08. The molecule has 1 saturated heterocycles. The Kier molecular flexibility index (Phi) is 4.44. The lowest BCUT2D eigenvalue weighted by molar-refractivity contribution is -0.123. The van der Waals surface area contributed by atoms with Crippen LogP contribution in [0.2, 0.25) is 0 Å². The number of nitrogens with zero attached hydrogens (tertiary/aromatic N) is 1. The van der Waals surface area contributed by atoms with Gasteiger partial charge < -0.3 is 15.3 Å². The third kappa shape index (κ3) is 3.26. The number of piperidine rings is 1. The van der Waals surface area contributed by atoms with Gasteiger partial charge in [-0.15, -0.1) is 0 Å². The minimum Gasteiger partial charge on any atom is -0.393 e. The first-order chi connectivity index (χ1) is 12.0. The summed E-state index contributed by atoms with van der Waals surface area (Å²) >= 11 is 0. The Morgan fingerprint density at radius 3 is 2.60 bits per heavy atom. The Labute approximate surface area is 148 Å². The normalized spacial score (nSPS) is 30.0. The highest BCUT2D eigenvalue weighted by Crippen LogP contribution is 2.57. The van der Waals surface area contributed by atoms with Gasteiger partial charge in [-0.3, -0.25) is 4.79 Å². The number of aliphatic hydroxyl groups is 1. The van der Waals surface area contributed by atoms with Crippen molar-refractivity contribution >= 4 is 11.6 Å². The fraction of sp³-hybridized carbons (Fsp3) is 0.650. The van der Waals surface area contributed by atoms with Gasteiger partial charge in [0.25, 0.3) is 0 Å². The van der Waals surface area contributed by atoms with Crippen LogP contribution >= 0.6 is 0 Å². The molecule has 1 aromatic carbocycles. The van der Waals surface area contributed by atoms with Gasteiger partial charge in [0.1, 0.15) is 5.82 Å². The number of anilines is 1. The minimum absolute atomic E-state index is 0.131. The summed E-state index contributed by atoms with van der Waals surface area (Å²) in [5, 5.41) is 12.8. The number of nitrogens with one attached hydrogen (secondary N) is 1. The first-order valence-corrected chi connectivity index (χ1v) is 9.57. The number of rotatable bonds is 4. The molecule has 0 aromatic heterocycles. The number of hydrogen-bond acceptors (Lipinski definition) is 3. The van der Waals surface area contributed by atoms with Gasteiger partial charge in [0.2, 0.25) is 5.91 Å². The molecule has 1 aromatic rings. The van der Waals surface area contributed by atoms with E-state index in [2.05, 4.69) is 10.2 Å². The number of halogens is 1. The van der Waals surface area contributed by atoms with Crippen molar-refractivity contribution in [1.29, 1.82) is 0 Å². The van der Waals surface area contributed by atoms with Crippen LogP contribution in [0.25, 0.3) is 0 Å². The zero-order valence-corrected chi connectivity index (χ0v) is 14.7. The number of amides is 1. The van der Waals surface area contributed by atoms with E-state index in [0.29, 0.717) is 11.8 Å². The van der Waals surface area contributed by atoms with Crippen molar-refractivity contribution < 1.29 is 14.3 Å². The van der Waals surface area contributed by atoms with E-state index < -0.39 is 0 Å². The van der Waals surface area contributed by atoms with Crippen LogP contribution in [0.3, 0.4) is 0 Å². The van der Waals surface area contributed by atoms with Crippen molar-refractivity contribution in [2.75, 3.05) is 18.0 Å². The molecule has 3 fully saturated rings. The van der Waals surface area contributed by atoms with E-state index >= 15 is 0 Å². The van der Waals surface area contributed by atoms with Crippen molar-refractivity contribution in [3.8, 4) is 0 Å². The van der Waals surface area contributed by atoms with Crippen LogP contribution in [0.1, 0.15) is 50.6 Å². The zero-order valence-electron chi connectivity index (χ0n) is 14.7. The molecule has 0 bridgehead atoms. The molecule has 0 spiro atoms. The molecule has 2 N–H and O–H groups in total. The van der Waals surface area contributed by atoms with Gasteiger partial charge in [0, 0.05) is 30.3 Å². The number of fused-ring (bicyclic) bond motifs is 1. The lowest BCUT2D eigenvalue weighted by Crippen LogP contribution is -2.37. The van der Waals surface area contributed by atoms with E-state index in [4.69, 9.17) is 0 Å². The molecule has 1 amide bonds. The van der Waals surface area contributed by atoms with Gasteiger partial charge in [-0.05, 0) is 62.6 Å². The van der Waals surface area contributed by atoms with Crippen LogP contribution in [0.4, 0.5) is 10.1 Å². The number of carbonyl (C=O) groups is 1. The summed E-state index contributed by atoms with van der Waals surface area (Å²) < 4.78 is 13.9. The number of aliphatic hydroxyl groups excluding tert-OH is 1. The molecule has 4 rings (SSSR count). The van der Waals surface area contributed by atoms with Crippen LogP contribution in [0.5, 0.6) is 0 Å². The summed E-state index contributed by atoms with van der Waals surface area (Å²) in [6, 6.07) is 4.60. The topological polar surface area (TPSA) is 52.6 Å². The van der Waals surface area contributed by atoms with E-state index in [9.17, 15) is 14.3 Å². The summed E-state index contributed by atoms with van der Waals surface area (Å²) in [6.07, 6.45) is 4.82. The molecule has 136 valence electrons. The standard InChI is InChI=1S/C20H27FN2O2/c1-12(22-20(25)19-15-3-2-4-16(15)19)17-11-13(21)5-6-18(17)23-9-7-14(24)8-10-23/h5-6,11-12,14-16,19,24H,2-4,7-10H2,1H3,(H,22,25)/t12-,15-,16+,19?/m1/s1. The largest absolute Gasteiger partial charge is 0.393 e. The monoisotopic (exact) mass is 346 g/mol. The zero-order chi connectivity index (χ0) is 17.6. The van der Waals surface area contributed by atoms with E-state index in [1.54, 1.807) is 12.1 Å². The molecule has 2 aliphatic carbocycles. The van der Waals surface area contributed by atoms with E-state index in [1.807, 2.05) is 6.92 Å². The quantitative estimate of drug-likeness (QED) is 0.881. The third-order valence-electron chi connectivity index (χ3n) is 6.33. The number of hydrogen-bond donors (Lipinski definition) is 2. The first-order valence-electron chi connectivity index (χ1n) is 9.57. The maximum absolute atomic E-state index is 13.9. The molecule has 0 radical (unpaired) electrons. The maximum Gasteiger partial charge on any atom is 0.224 e. The highest BCUT2D eigenvalue weighted by atomic mass is 19.1. The number of benzene rings is 1. The highest BCUT2D eigenvalue weighted by Gasteiger charge is 2.56. The predicted molar refractivity (Wildman–Crippen MR) is 94.7 cm³/mol. The van der Waals surface area contributed by atoms with Gasteiger partial charge >= 0.3 is 0 Å². The molecule has 2 saturated carbocycles. The Hall–Kier alpha value is -1.62. The van der Waals surface area contributed by atoms with Crippen molar-refractivity contribution in [2.24, 2.45) is 17.8 Å². The second-order valence-corrected chi connectivity index (χ2v) is 7.94. The lowest BCUT2D eigenvalue weighted by Gasteiger charge is -2.34. The third-order valence-corrected chi connectivity index (χ3v) is 6.33. The summed E-state index contributed by atoms with van der Waals surface area (Å²) in [6.45, 7) is 3.45. The van der Waals surface area contributed by atoms with Gasteiger partial charge in [-0.2, -0.15) is 0 Å². The molecule has 25 heavy (non-hydrogen) atoms. The first kappa shape index (κ1) is 16.8. The highest BCUT2D eigenvalue weighted by molar-refractivity contribution is 5.83. The van der Waals surface area contributed by atoms with E-state index in [1.165, 1.54) is 25.3 Å². The van der Waals surface area contributed by atoms with Gasteiger partial charge in [0.15, 0.2) is 0 Å². The van der Waals surface area contributed by atoms with Gasteiger partial charge in [-0.1, -0.05) is 6.42 Å². The summed E-state index contributed by atoms with van der Waals surface area (Å²) in [7, 11) is 0. The van der Waals surface area contributed by atoms with E-state index in [-0.39, 0.29) is 29.8 Å². The van der Waals surface area contributed by atoms with Gasteiger partial charge in [0.05, 0.1) is 12.1 Å². The average molecular weight is 346 g/mol. The SMILES string of the molecule is C[C@@H](NC(=O)C1[C@H]2CCC[C@@H]12)c1cc(F)ccc1N1CCC(O)CC1. The predicted octanol–water partition coefficient (Wildman–Crippen LogP) is 3.01. The maximum atomic E-state index is 13.9. The van der Waals surface area contributed by atoms with Gasteiger partial charge in [-0.25, -0.2) is 4.39 Å². The minimum atomic E-state index is -0.278. The molecule has 1 heterocycles. The molecular weight excluding hydrogens is 319 g/mol. The molecule has 1 unspecified atom stereocenters. The Morgan fingerprint density at radius 1 is 1.24 bits per heavy atom. The molecule has 5 heteroatoms. The van der Waals surface area contributed by atoms with Crippen molar-refractivity contribution in [3.05, 3.63) is 29.6 Å². The molecule has 4 atom stereocenters.